The number of carbonyl (C=O) groups excluding carboxylic acids is 2. The van der Waals surface area contributed by atoms with Gasteiger partial charge >= 0.3 is 5.97 Å². The Balaban J connectivity index is 2.55. The topological polar surface area (TPSA) is 102 Å². The minimum Gasteiger partial charge on any atom is -0.469 e. The van der Waals surface area contributed by atoms with Crippen molar-refractivity contribution in [1.82, 2.24) is 4.72 Å². The van der Waals surface area contributed by atoms with E-state index >= 15 is 0 Å². The molecule has 0 aliphatic rings. The van der Waals surface area contributed by atoms with E-state index < -0.39 is 21.2 Å². The summed E-state index contributed by atoms with van der Waals surface area (Å²) in [6.07, 6.45) is 0.0925. The maximum absolute atomic E-state index is 11.8. The van der Waals surface area contributed by atoms with Gasteiger partial charge in [0.2, 0.25) is 15.9 Å². The number of ether oxygens (including phenoxy) is 1. The van der Waals surface area contributed by atoms with Crippen LogP contribution in [0.4, 0.5) is 5.69 Å². The molecule has 1 rings (SSSR count). The second kappa shape index (κ2) is 9.53. The van der Waals surface area contributed by atoms with Gasteiger partial charge in [0.25, 0.3) is 0 Å². The number of anilines is 1. The van der Waals surface area contributed by atoms with Crippen molar-refractivity contribution >= 4 is 27.6 Å². The minimum atomic E-state index is -3.29. The van der Waals surface area contributed by atoms with Crippen LogP contribution in [0.5, 0.6) is 0 Å². The SMILES string of the molecule is COC(=O)CCC(=O)Nc1ccc(C(C)CNS(=O)(=O)C(C)C)cc1. The molecule has 0 aliphatic carbocycles. The number of hydrogen-bond acceptors (Lipinski definition) is 5. The van der Waals surface area contributed by atoms with Crippen molar-refractivity contribution in [2.45, 2.75) is 44.8 Å². The van der Waals surface area contributed by atoms with Crippen LogP contribution in [-0.4, -0.2) is 39.2 Å². The second-order valence-corrected chi connectivity index (χ2v) is 8.41. The second-order valence-electron chi connectivity index (χ2n) is 6.09. The highest BCUT2D eigenvalue weighted by Crippen LogP contribution is 2.18. The van der Waals surface area contributed by atoms with Crippen LogP contribution in [0.25, 0.3) is 0 Å². The summed E-state index contributed by atoms with van der Waals surface area (Å²) >= 11 is 0. The van der Waals surface area contributed by atoms with Crippen LogP contribution < -0.4 is 10.0 Å². The lowest BCUT2D eigenvalue weighted by Crippen LogP contribution is -2.33. The highest BCUT2D eigenvalue weighted by molar-refractivity contribution is 7.90. The van der Waals surface area contributed by atoms with Crippen LogP contribution in [0.15, 0.2) is 24.3 Å². The van der Waals surface area contributed by atoms with Gasteiger partial charge in [-0.3, -0.25) is 9.59 Å². The van der Waals surface area contributed by atoms with Crippen molar-refractivity contribution < 1.29 is 22.7 Å². The number of methoxy groups -OCH3 is 1. The van der Waals surface area contributed by atoms with E-state index in [1.807, 2.05) is 19.1 Å². The molecule has 0 heterocycles. The highest BCUT2D eigenvalue weighted by Gasteiger charge is 2.17. The molecule has 7 nitrogen and oxygen atoms in total. The molecule has 1 amide bonds. The predicted octanol–water partition coefficient (Wildman–Crippen LogP) is 2.01. The summed E-state index contributed by atoms with van der Waals surface area (Å²) in [4.78, 5) is 22.7. The Kier molecular flexibility index (Phi) is 8.05. The lowest BCUT2D eigenvalue weighted by Gasteiger charge is -2.15. The zero-order chi connectivity index (χ0) is 19.0. The van der Waals surface area contributed by atoms with Crippen LogP contribution in [0.3, 0.4) is 0 Å². The lowest BCUT2D eigenvalue weighted by atomic mass is 10.0. The van der Waals surface area contributed by atoms with Crippen LogP contribution in [-0.2, 0) is 24.3 Å². The van der Waals surface area contributed by atoms with E-state index in [1.165, 1.54) is 7.11 Å². The first-order chi connectivity index (χ1) is 11.7. The maximum Gasteiger partial charge on any atom is 0.306 e. The van der Waals surface area contributed by atoms with Crippen molar-refractivity contribution in [2.24, 2.45) is 0 Å². The first-order valence-corrected chi connectivity index (χ1v) is 9.65. The van der Waals surface area contributed by atoms with Gasteiger partial charge in [-0.15, -0.1) is 0 Å². The summed E-state index contributed by atoms with van der Waals surface area (Å²) in [5.74, 6) is -0.698. The molecule has 1 aromatic carbocycles. The molecule has 0 radical (unpaired) electrons. The van der Waals surface area contributed by atoms with Gasteiger partial charge in [0.05, 0.1) is 18.8 Å². The van der Waals surface area contributed by atoms with E-state index in [0.29, 0.717) is 12.2 Å². The summed E-state index contributed by atoms with van der Waals surface area (Å²) < 4.78 is 30.6. The van der Waals surface area contributed by atoms with Gasteiger partial charge in [0, 0.05) is 18.7 Å². The van der Waals surface area contributed by atoms with E-state index in [0.717, 1.165) is 5.56 Å². The Morgan fingerprint density at radius 3 is 2.20 bits per heavy atom. The number of carbonyl (C=O) groups is 2. The average molecular weight is 370 g/mol. The summed E-state index contributed by atoms with van der Waals surface area (Å²) in [6, 6.07) is 7.17. The molecule has 1 unspecified atom stereocenters. The van der Waals surface area contributed by atoms with Gasteiger partial charge < -0.3 is 10.1 Å². The van der Waals surface area contributed by atoms with Crippen molar-refractivity contribution in [2.75, 3.05) is 19.0 Å². The minimum absolute atomic E-state index is 0.00222. The van der Waals surface area contributed by atoms with Gasteiger partial charge in [-0.05, 0) is 37.5 Å². The van der Waals surface area contributed by atoms with E-state index in [1.54, 1.807) is 26.0 Å². The number of hydrogen-bond donors (Lipinski definition) is 2. The van der Waals surface area contributed by atoms with E-state index in [2.05, 4.69) is 14.8 Å². The Labute approximate surface area is 149 Å². The molecule has 1 aromatic rings. The molecule has 0 aromatic heterocycles. The summed E-state index contributed by atoms with van der Waals surface area (Å²) in [6.45, 7) is 5.49. The predicted molar refractivity (Wildman–Crippen MR) is 96.8 cm³/mol. The number of amides is 1. The molecular formula is C17H26N2O5S. The molecule has 0 bridgehead atoms. The molecule has 0 aliphatic heterocycles. The zero-order valence-electron chi connectivity index (χ0n) is 15.0. The van der Waals surface area contributed by atoms with Crippen LogP contribution in [0.1, 0.15) is 45.1 Å². The van der Waals surface area contributed by atoms with E-state index in [4.69, 9.17) is 0 Å². The van der Waals surface area contributed by atoms with Gasteiger partial charge in [-0.1, -0.05) is 19.1 Å². The molecule has 0 saturated carbocycles. The molecule has 1 atom stereocenters. The average Bonchev–Trinajstić information content (AvgIpc) is 2.58. The third kappa shape index (κ3) is 7.23. The molecule has 25 heavy (non-hydrogen) atoms. The zero-order valence-corrected chi connectivity index (χ0v) is 15.9. The number of sulfonamides is 1. The first-order valence-electron chi connectivity index (χ1n) is 8.10. The Hall–Kier alpha value is -1.93. The Morgan fingerprint density at radius 2 is 1.68 bits per heavy atom. The van der Waals surface area contributed by atoms with Crippen molar-refractivity contribution in [3.8, 4) is 0 Å². The molecule has 140 valence electrons. The van der Waals surface area contributed by atoms with Crippen LogP contribution in [0.2, 0.25) is 0 Å². The fraction of sp³-hybridized carbons (Fsp3) is 0.529. The maximum atomic E-state index is 11.8. The van der Waals surface area contributed by atoms with Crippen molar-refractivity contribution in [1.29, 1.82) is 0 Å². The van der Waals surface area contributed by atoms with E-state index in [9.17, 15) is 18.0 Å². The Bertz CT molecular complexity index is 683. The van der Waals surface area contributed by atoms with E-state index in [-0.39, 0.29) is 24.7 Å². The molecule has 0 fully saturated rings. The van der Waals surface area contributed by atoms with Gasteiger partial charge in [-0.2, -0.15) is 0 Å². The molecule has 8 heteroatoms. The lowest BCUT2D eigenvalue weighted by molar-refractivity contribution is -0.141. The van der Waals surface area contributed by atoms with Gasteiger partial charge in [0.1, 0.15) is 0 Å². The third-order valence-corrected chi connectivity index (χ3v) is 5.57. The number of nitrogens with one attached hydrogen (secondary N) is 2. The fourth-order valence-electron chi connectivity index (χ4n) is 1.96. The number of esters is 1. The largest absolute Gasteiger partial charge is 0.469 e. The summed E-state index contributed by atoms with van der Waals surface area (Å²) in [7, 11) is -2.01. The normalized spacial score (nSPS) is 12.7. The quantitative estimate of drug-likeness (QED) is 0.648. The Morgan fingerprint density at radius 1 is 1.08 bits per heavy atom. The van der Waals surface area contributed by atoms with Gasteiger partial charge in [0.15, 0.2) is 0 Å². The summed E-state index contributed by atoms with van der Waals surface area (Å²) in [5.41, 5.74) is 1.58. The fourth-order valence-corrected chi connectivity index (χ4v) is 2.78. The number of rotatable bonds is 9. The number of benzene rings is 1. The molecule has 0 saturated heterocycles. The standard InChI is InChI=1S/C17H26N2O5S/c1-12(2)25(22,23)18-11-13(3)14-5-7-15(8-6-14)19-16(20)9-10-17(21)24-4/h5-8,12-13,18H,9-11H2,1-4H3,(H,19,20). The van der Waals surface area contributed by atoms with Crippen LogP contribution >= 0.6 is 0 Å². The van der Waals surface area contributed by atoms with Gasteiger partial charge in [-0.25, -0.2) is 13.1 Å². The first kappa shape index (κ1) is 21.1. The van der Waals surface area contributed by atoms with Crippen LogP contribution in [0, 0.1) is 0 Å². The monoisotopic (exact) mass is 370 g/mol. The smallest absolute Gasteiger partial charge is 0.306 e. The molecule has 0 spiro atoms. The third-order valence-electron chi connectivity index (χ3n) is 3.76. The highest BCUT2D eigenvalue weighted by atomic mass is 32.2. The van der Waals surface area contributed by atoms with Crippen molar-refractivity contribution in [3.05, 3.63) is 29.8 Å². The molecular weight excluding hydrogens is 344 g/mol. The van der Waals surface area contributed by atoms with Crippen molar-refractivity contribution in [3.63, 3.8) is 0 Å². The summed E-state index contributed by atoms with van der Waals surface area (Å²) in [5, 5.41) is 2.23. The molecule has 2 N–H and O–H groups in total.